The third-order valence-electron chi connectivity index (χ3n) is 2.95. The Morgan fingerprint density at radius 3 is 2.82 bits per heavy atom. The predicted octanol–water partition coefficient (Wildman–Crippen LogP) is 1.03. The third-order valence-corrected chi connectivity index (χ3v) is 2.95. The highest BCUT2D eigenvalue weighted by atomic mass is 16.4. The average Bonchev–Trinajstić information content (AvgIpc) is 2.74. The number of carboxylic acids is 1. The van der Waals surface area contributed by atoms with Crippen molar-refractivity contribution >= 4 is 17.4 Å². The molecule has 0 aromatic carbocycles. The maximum absolute atomic E-state index is 11.2. The molecule has 2 rings (SSSR count). The van der Waals surface area contributed by atoms with Gasteiger partial charge in [0.2, 0.25) is 0 Å². The van der Waals surface area contributed by atoms with Crippen LogP contribution in [-0.2, 0) is 4.79 Å². The van der Waals surface area contributed by atoms with Crippen molar-refractivity contribution in [2.24, 2.45) is 0 Å². The Labute approximate surface area is 98.5 Å². The minimum atomic E-state index is -1.01. The Bertz CT molecular complexity index is 561. The van der Waals surface area contributed by atoms with E-state index in [1.165, 1.54) is 0 Å². The quantitative estimate of drug-likeness (QED) is 0.858. The first kappa shape index (κ1) is 11.4. The summed E-state index contributed by atoms with van der Waals surface area (Å²) in [5.41, 5.74) is -0.318. The summed E-state index contributed by atoms with van der Waals surface area (Å²) in [5, 5.41) is 13.2. The van der Waals surface area contributed by atoms with Crippen LogP contribution in [0.15, 0.2) is 24.5 Å². The number of aliphatic carboxylic acids is 1. The summed E-state index contributed by atoms with van der Waals surface area (Å²) in [4.78, 5) is 17.1. The summed E-state index contributed by atoms with van der Waals surface area (Å²) in [6, 6.07) is 3.51. The molecule has 2 heterocycles. The van der Waals surface area contributed by atoms with Crippen molar-refractivity contribution in [3.63, 3.8) is 0 Å². The zero-order valence-electron chi connectivity index (χ0n) is 9.95. The topological polar surface area (TPSA) is 70.7 Å². The van der Waals surface area contributed by atoms with Crippen LogP contribution in [0.25, 0.3) is 5.65 Å². The minimum absolute atomic E-state index is 0.602. The zero-order chi connectivity index (χ0) is 12.6. The van der Waals surface area contributed by atoms with Crippen molar-refractivity contribution in [3.8, 4) is 0 Å². The minimum Gasteiger partial charge on any atom is -0.480 e. The summed E-state index contributed by atoms with van der Waals surface area (Å²) < 4.78 is 1.63. The van der Waals surface area contributed by atoms with Gasteiger partial charge >= 0.3 is 5.97 Å². The molecule has 0 bridgehead atoms. The molecule has 1 N–H and O–H groups in total. The van der Waals surface area contributed by atoms with Gasteiger partial charge in [0.1, 0.15) is 11.4 Å². The molecule has 0 saturated heterocycles. The number of nitrogens with zero attached hydrogens (tertiary/aromatic N) is 4. The highest BCUT2D eigenvalue weighted by molar-refractivity contribution is 5.82. The molecule has 0 aliphatic carbocycles. The van der Waals surface area contributed by atoms with Crippen LogP contribution in [0.2, 0.25) is 0 Å². The van der Waals surface area contributed by atoms with Crippen LogP contribution in [0, 0.1) is 0 Å². The predicted molar refractivity (Wildman–Crippen MR) is 63.1 cm³/mol. The van der Waals surface area contributed by atoms with E-state index in [4.69, 9.17) is 5.11 Å². The Kier molecular flexibility index (Phi) is 2.49. The molecule has 0 aliphatic rings. The number of carboxylic acid groups (broad SMARTS) is 1. The van der Waals surface area contributed by atoms with E-state index in [1.807, 2.05) is 0 Å². The molecule has 0 unspecified atom stereocenters. The van der Waals surface area contributed by atoms with Crippen molar-refractivity contribution in [3.05, 3.63) is 24.5 Å². The number of fused-ring (bicyclic) bond motifs is 1. The molecule has 90 valence electrons. The Hall–Kier alpha value is -2.11. The summed E-state index contributed by atoms with van der Waals surface area (Å²) in [7, 11) is 1.71. The van der Waals surface area contributed by atoms with Gasteiger partial charge in [-0.1, -0.05) is 0 Å². The van der Waals surface area contributed by atoms with E-state index in [1.54, 1.807) is 54.8 Å². The fourth-order valence-electron chi connectivity index (χ4n) is 1.42. The standard InChI is InChI=1S/C11H14N4O2/c1-11(2,10(16)17)14(3)8-5-7-15-9(13-8)4-6-12-15/h4-7H,1-3H3,(H,16,17). The number of anilines is 1. The van der Waals surface area contributed by atoms with Gasteiger partial charge in [-0.25, -0.2) is 14.3 Å². The molecule has 6 nitrogen and oxygen atoms in total. The molecule has 6 heteroatoms. The molecule has 0 fully saturated rings. The van der Waals surface area contributed by atoms with Crippen LogP contribution in [0.4, 0.5) is 5.82 Å². The lowest BCUT2D eigenvalue weighted by molar-refractivity contribution is -0.142. The first-order valence-electron chi connectivity index (χ1n) is 5.20. The summed E-state index contributed by atoms with van der Waals surface area (Å²) >= 11 is 0. The fourth-order valence-corrected chi connectivity index (χ4v) is 1.42. The number of aromatic nitrogens is 3. The molecule has 0 radical (unpaired) electrons. The van der Waals surface area contributed by atoms with Crippen molar-refractivity contribution in [2.75, 3.05) is 11.9 Å². The fraction of sp³-hybridized carbons (Fsp3) is 0.364. The molecular formula is C11H14N4O2. The van der Waals surface area contributed by atoms with E-state index < -0.39 is 11.5 Å². The second-order valence-corrected chi connectivity index (χ2v) is 4.34. The van der Waals surface area contributed by atoms with Gasteiger partial charge in [0.15, 0.2) is 5.65 Å². The molecule has 0 amide bonds. The van der Waals surface area contributed by atoms with E-state index in [0.29, 0.717) is 11.5 Å². The number of likely N-dealkylation sites (N-methyl/N-ethyl adjacent to an activating group) is 1. The van der Waals surface area contributed by atoms with Gasteiger partial charge in [0, 0.05) is 19.3 Å². The monoisotopic (exact) mass is 234 g/mol. The van der Waals surface area contributed by atoms with Crippen LogP contribution < -0.4 is 4.90 Å². The van der Waals surface area contributed by atoms with Crippen LogP contribution in [-0.4, -0.2) is 38.3 Å². The normalized spacial score (nSPS) is 11.7. The van der Waals surface area contributed by atoms with Gasteiger partial charge in [-0.3, -0.25) is 0 Å². The van der Waals surface area contributed by atoms with Gasteiger partial charge in [-0.2, -0.15) is 5.10 Å². The van der Waals surface area contributed by atoms with Crippen LogP contribution >= 0.6 is 0 Å². The number of hydrogen-bond acceptors (Lipinski definition) is 4. The average molecular weight is 234 g/mol. The molecule has 2 aromatic rings. The molecule has 0 spiro atoms. The lowest BCUT2D eigenvalue weighted by Crippen LogP contribution is -2.48. The van der Waals surface area contributed by atoms with E-state index in [-0.39, 0.29) is 0 Å². The highest BCUT2D eigenvalue weighted by Gasteiger charge is 2.33. The molecule has 0 atom stereocenters. The Balaban J connectivity index is 2.42. The van der Waals surface area contributed by atoms with Gasteiger partial charge < -0.3 is 10.0 Å². The lowest BCUT2D eigenvalue weighted by atomic mass is 10.0. The maximum atomic E-state index is 11.2. The second kappa shape index (κ2) is 3.73. The number of hydrogen-bond donors (Lipinski definition) is 1. The van der Waals surface area contributed by atoms with Crippen molar-refractivity contribution in [1.82, 2.24) is 14.6 Å². The van der Waals surface area contributed by atoms with Crippen molar-refractivity contribution < 1.29 is 9.90 Å². The zero-order valence-corrected chi connectivity index (χ0v) is 9.95. The van der Waals surface area contributed by atoms with Gasteiger partial charge in [0.25, 0.3) is 0 Å². The SMILES string of the molecule is CN(c1ccn2nccc2n1)C(C)(C)C(=O)O. The van der Waals surface area contributed by atoms with E-state index in [2.05, 4.69) is 10.1 Å². The van der Waals surface area contributed by atoms with Crippen LogP contribution in [0.3, 0.4) is 0 Å². The van der Waals surface area contributed by atoms with E-state index in [9.17, 15) is 4.79 Å². The first-order valence-corrected chi connectivity index (χ1v) is 5.20. The summed E-state index contributed by atoms with van der Waals surface area (Å²) in [6.45, 7) is 3.27. The first-order chi connectivity index (χ1) is 7.93. The molecule has 0 saturated carbocycles. The molecule has 17 heavy (non-hydrogen) atoms. The summed E-state index contributed by atoms with van der Waals surface area (Å²) in [6.07, 6.45) is 3.40. The smallest absolute Gasteiger partial charge is 0.328 e. The molecule has 0 aliphatic heterocycles. The van der Waals surface area contributed by atoms with Gasteiger partial charge in [-0.15, -0.1) is 0 Å². The van der Waals surface area contributed by atoms with Crippen LogP contribution in [0.1, 0.15) is 13.8 Å². The number of rotatable bonds is 3. The molecule has 2 aromatic heterocycles. The lowest BCUT2D eigenvalue weighted by Gasteiger charge is -2.32. The van der Waals surface area contributed by atoms with Crippen LogP contribution in [0.5, 0.6) is 0 Å². The largest absolute Gasteiger partial charge is 0.480 e. The summed E-state index contributed by atoms with van der Waals surface area (Å²) in [5.74, 6) is -0.291. The Morgan fingerprint density at radius 1 is 1.47 bits per heavy atom. The van der Waals surface area contributed by atoms with E-state index >= 15 is 0 Å². The van der Waals surface area contributed by atoms with Crippen molar-refractivity contribution in [1.29, 1.82) is 0 Å². The highest BCUT2D eigenvalue weighted by Crippen LogP contribution is 2.20. The maximum Gasteiger partial charge on any atom is 0.328 e. The number of carbonyl (C=O) groups is 1. The van der Waals surface area contributed by atoms with Crippen molar-refractivity contribution in [2.45, 2.75) is 19.4 Å². The molecular weight excluding hydrogens is 220 g/mol. The van der Waals surface area contributed by atoms with Gasteiger partial charge in [0.05, 0.1) is 6.20 Å². The van der Waals surface area contributed by atoms with E-state index in [0.717, 1.165) is 0 Å². The Morgan fingerprint density at radius 2 is 2.18 bits per heavy atom. The second-order valence-electron chi connectivity index (χ2n) is 4.34. The third kappa shape index (κ3) is 1.82. The van der Waals surface area contributed by atoms with Gasteiger partial charge in [-0.05, 0) is 19.9 Å².